The van der Waals surface area contributed by atoms with E-state index in [1.165, 1.54) is 25.7 Å². The summed E-state index contributed by atoms with van der Waals surface area (Å²) in [4.78, 5) is 15.0. The fourth-order valence-electron chi connectivity index (χ4n) is 7.07. The van der Waals surface area contributed by atoms with Crippen LogP contribution in [0.25, 0.3) is 98.4 Å². The van der Waals surface area contributed by atoms with Gasteiger partial charge in [-0.25, -0.2) is 9.97 Å². The predicted molar refractivity (Wildman–Crippen MR) is 207 cm³/mol. The van der Waals surface area contributed by atoms with E-state index < -0.39 is 0 Å². The molecule has 0 saturated heterocycles. The van der Waals surface area contributed by atoms with Crippen molar-refractivity contribution in [2.45, 2.75) is 0 Å². The standard InChI is InChI=1S/C45H27N3OS/c1-2-12-28(13-3-1)37-27-38(30-15-10-14-29(26-30)36-19-8-9-25-46-36)48-45(47-37)35-24-23-32(43-33-16-4-6-20-39(33)49-44(35)43)31-18-11-22-41-42(31)34-17-5-7-21-40(34)50-41/h1-27H. The van der Waals surface area contributed by atoms with E-state index in [-0.39, 0.29) is 0 Å². The first kappa shape index (κ1) is 28.6. The Morgan fingerprint density at radius 3 is 1.96 bits per heavy atom. The summed E-state index contributed by atoms with van der Waals surface area (Å²) in [6.45, 7) is 0. The Balaban J connectivity index is 1.23. The quantitative estimate of drug-likeness (QED) is 0.185. The molecule has 0 aliphatic rings. The summed E-state index contributed by atoms with van der Waals surface area (Å²) in [7, 11) is 0. The molecule has 5 heteroatoms. The van der Waals surface area contributed by atoms with E-state index in [9.17, 15) is 0 Å². The Morgan fingerprint density at radius 2 is 1.10 bits per heavy atom. The number of aromatic nitrogens is 3. The molecule has 0 unspecified atom stereocenters. The van der Waals surface area contributed by atoms with E-state index in [0.29, 0.717) is 5.82 Å². The van der Waals surface area contributed by atoms with Gasteiger partial charge in [0.2, 0.25) is 0 Å². The zero-order valence-corrected chi connectivity index (χ0v) is 27.6. The highest BCUT2D eigenvalue weighted by Gasteiger charge is 2.22. The molecule has 0 radical (unpaired) electrons. The molecule has 0 bridgehead atoms. The van der Waals surface area contributed by atoms with Crippen molar-refractivity contribution in [3.05, 3.63) is 164 Å². The smallest absolute Gasteiger partial charge is 0.164 e. The second kappa shape index (κ2) is 11.6. The molecule has 50 heavy (non-hydrogen) atoms. The third-order valence-electron chi connectivity index (χ3n) is 9.37. The molecule has 10 aromatic rings. The highest BCUT2D eigenvalue weighted by Crippen LogP contribution is 2.46. The molecule has 10 rings (SSSR count). The van der Waals surface area contributed by atoms with E-state index in [1.807, 2.05) is 66.1 Å². The van der Waals surface area contributed by atoms with Crippen molar-refractivity contribution in [2.75, 3.05) is 0 Å². The molecular weight excluding hydrogens is 631 g/mol. The lowest BCUT2D eigenvalue weighted by Crippen LogP contribution is -1.97. The van der Waals surface area contributed by atoms with Crippen LogP contribution in [0, 0.1) is 0 Å². The molecule has 4 heterocycles. The Bertz CT molecular complexity index is 2870. The Hall–Kier alpha value is -6.43. The van der Waals surface area contributed by atoms with Crippen LogP contribution in [0.2, 0.25) is 0 Å². The molecular formula is C45H27N3OS. The van der Waals surface area contributed by atoms with Crippen LogP contribution in [0.1, 0.15) is 0 Å². The van der Waals surface area contributed by atoms with Gasteiger partial charge >= 0.3 is 0 Å². The molecule has 0 spiro atoms. The summed E-state index contributed by atoms with van der Waals surface area (Å²) < 4.78 is 9.32. The van der Waals surface area contributed by atoms with E-state index in [0.717, 1.165) is 66.8 Å². The van der Waals surface area contributed by atoms with E-state index in [4.69, 9.17) is 14.4 Å². The summed E-state index contributed by atoms with van der Waals surface area (Å²) in [5.74, 6) is 0.611. The normalized spacial score (nSPS) is 11.6. The molecule has 6 aromatic carbocycles. The van der Waals surface area contributed by atoms with Crippen molar-refractivity contribution in [3.63, 3.8) is 0 Å². The van der Waals surface area contributed by atoms with Gasteiger partial charge in [-0.05, 0) is 59.7 Å². The average molecular weight is 658 g/mol. The number of fused-ring (bicyclic) bond motifs is 6. The molecule has 0 aliphatic heterocycles. The topological polar surface area (TPSA) is 51.8 Å². The van der Waals surface area contributed by atoms with Gasteiger partial charge in [0.25, 0.3) is 0 Å². The molecule has 0 atom stereocenters. The predicted octanol–water partition coefficient (Wildman–Crippen LogP) is 12.5. The van der Waals surface area contributed by atoms with Gasteiger partial charge in [-0.1, -0.05) is 109 Å². The van der Waals surface area contributed by atoms with Crippen molar-refractivity contribution in [3.8, 4) is 56.3 Å². The van der Waals surface area contributed by atoms with Crippen LogP contribution in [0.4, 0.5) is 0 Å². The summed E-state index contributed by atoms with van der Waals surface area (Å²) >= 11 is 1.83. The van der Waals surface area contributed by atoms with Crippen LogP contribution in [-0.2, 0) is 0 Å². The van der Waals surface area contributed by atoms with Crippen molar-refractivity contribution in [2.24, 2.45) is 0 Å². The summed E-state index contributed by atoms with van der Waals surface area (Å²) in [5.41, 5.74) is 10.4. The zero-order valence-electron chi connectivity index (χ0n) is 26.7. The monoisotopic (exact) mass is 657 g/mol. The number of thiophene rings is 1. The second-order valence-electron chi connectivity index (χ2n) is 12.4. The van der Waals surface area contributed by atoms with Crippen molar-refractivity contribution < 1.29 is 4.42 Å². The molecule has 0 amide bonds. The number of pyridine rings is 1. The number of hydrogen-bond donors (Lipinski definition) is 0. The first-order valence-electron chi connectivity index (χ1n) is 16.6. The molecule has 0 N–H and O–H groups in total. The van der Waals surface area contributed by atoms with Gasteiger partial charge in [-0.15, -0.1) is 11.3 Å². The number of benzene rings is 6. The maximum atomic E-state index is 6.76. The third kappa shape index (κ3) is 4.71. The van der Waals surface area contributed by atoms with Gasteiger partial charge in [0.1, 0.15) is 11.2 Å². The summed E-state index contributed by atoms with van der Waals surface area (Å²) in [6.07, 6.45) is 1.82. The van der Waals surface area contributed by atoms with Crippen molar-refractivity contribution >= 4 is 53.4 Å². The van der Waals surface area contributed by atoms with Gasteiger partial charge in [0.15, 0.2) is 5.82 Å². The van der Waals surface area contributed by atoms with E-state index in [1.54, 1.807) is 0 Å². The third-order valence-corrected chi connectivity index (χ3v) is 10.5. The van der Waals surface area contributed by atoms with Crippen LogP contribution in [0.5, 0.6) is 0 Å². The fraction of sp³-hybridized carbons (Fsp3) is 0. The van der Waals surface area contributed by atoms with Crippen LogP contribution >= 0.6 is 11.3 Å². The summed E-state index contributed by atoms with van der Waals surface area (Å²) in [5, 5.41) is 4.67. The average Bonchev–Trinajstić information content (AvgIpc) is 3.77. The van der Waals surface area contributed by atoms with Crippen LogP contribution in [0.15, 0.2) is 168 Å². The van der Waals surface area contributed by atoms with Gasteiger partial charge < -0.3 is 4.42 Å². The van der Waals surface area contributed by atoms with E-state index >= 15 is 0 Å². The van der Waals surface area contributed by atoms with Gasteiger partial charge in [0.05, 0.1) is 22.6 Å². The largest absolute Gasteiger partial charge is 0.455 e. The Kier molecular flexibility index (Phi) is 6.64. The molecule has 0 fully saturated rings. The summed E-state index contributed by atoms with van der Waals surface area (Å²) in [6, 6.07) is 54.6. The minimum Gasteiger partial charge on any atom is -0.455 e. The maximum absolute atomic E-state index is 6.76. The lowest BCUT2D eigenvalue weighted by molar-refractivity contribution is 0.669. The molecule has 234 valence electrons. The fourth-order valence-corrected chi connectivity index (χ4v) is 8.20. The lowest BCUT2D eigenvalue weighted by Gasteiger charge is -2.12. The van der Waals surface area contributed by atoms with Gasteiger partial charge in [-0.2, -0.15) is 0 Å². The Labute approximate surface area is 292 Å². The number of nitrogens with zero attached hydrogens (tertiary/aromatic N) is 3. The number of rotatable bonds is 5. The molecule has 0 aliphatic carbocycles. The minimum absolute atomic E-state index is 0.611. The number of hydrogen-bond acceptors (Lipinski definition) is 5. The van der Waals surface area contributed by atoms with Crippen LogP contribution in [0.3, 0.4) is 0 Å². The maximum Gasteiger partial charge on any atom is 0.164 e. The first-order valence-corrected chi connectivity index (χ1v) is 17.4. The number of furan rings is 1. The van der Waals surface area contributed by atoms with Gasteiger partial charge in [0, 0.05) is 53.8 Å². The Morgan fingerprint density at radius 1 is 0.440 bits per heavy atom. The lowest BCUT2D eigenvalue weighted by atomic mass is 9.93. The van der Waals surface area contributed by atoms with Crippen molar-refractivity contribution in [1.29, 1.82) is 0 Å². The van der Waals surface area contributed by atoms with Crippen LogP contribution in [-0.4, -0.2) is 15.0 Å². The highest BCUT2D eigenvalue weighted by molar-refractivity contribution is 7.25. The first-order chi connectivity index (χ1) is 24.8. The number of para-hydroxylation sites is 1. The van der Waals surface area contributed by atoms with Crippen LogP contribution < -0.4 is 0 Å². The minimum atomic E-state index is 0.611. The molecule has 0 saturated carbocycles. The zero-order chi connectivity index (χ0) is 33.0. The molecule has 4 nitrogen and oxygen atoms in total. The second-order valence-corrected chi connectivity index (χ2v) is 13.4. The van der Waals surface area contributed by atoms with E-state index in [2.05, 4.69) is 114 Å². The van der Waals surface area contributed by atoms with Crippen molar-refractivity contribution in [1.82, 2.24) is 15.0 Å². The molecule has 4 aromatic heterocycles. The highest BCUT2D eigenvalue weighted by atomic mass is 32.1. The van der Waals surface area contributed by atoms with Gasteiger partial charge in [-0.3, -0.25) is 4.98 Å². The SMILES string of the molecule is c1ccc(-c2cc(-c3cccc(-c4ccccn4)c3)nc(-c3ccc(-c4cccc5sc6ccccc6c45)c4c3oc3ccccc34)n2)cc1.